The molecule has 1 fully saturated rings. The molecule has 3 aromatic rings. The first-order valence-corrected chi connectivity index (χ1v) is 9.94. The number of cyclic esters (lactones) is 1. The Hall–Kier alpha value is -3.63. The van der Waals surface area contributed by atoms with Crippen molar-refractivity contribution in [1.29, 1.82) is 0 Å². The predicted molar refractivity (Wildman–Crippen MR) is 110 cm³/mol. The number of aryl methyl sites for hydroxylation is 1. The number of amides is 1. The van der Waals surface area contributed by atoms with Gasteiger partial charge in [0.2, 0.25) is 5.95 Å². The summed E-state index contributed by atoms with van der Waals surface area (Å²) in [7, 11) is 0. The lowest BCUT2D eigenvalue weighted by Crippen LogP contribution is -2.39. The van der Waals surface area contributed by atoms with Crippen molar-refractivity contribution in [2.75, 3.05) is 16.8 Å². The maximum absolute atomic E-state index is 14.8. The minimum absolute atomic E-state index is 0.0382. The second kappa shape index (κ2) is 8.48. The van der Waals surface area contributed by atoms with Crippen molar-refractivity contribution in [3.63, 3.8) is 0 Å². The third kappa shape index (κ3) is 4.10. The summed E-state index contributed by atoms with van der Waals surface area (Å²) >= 11 is 0. The monoisotopic (exact) mass is 446 g/mol. The van der Waals surface area contributed by atoms with Gasteiger partial charge in [-0.3, -0.25) is 4.90 Å². The molecular formula is C21H21F3N6O2. The number of carbonyl (C=O) groups excluding carboxylic acids is 1. The molecule has 4 rings (SSSR count). The van der Waals surface area contributed by atoms with Gasteiger partial charge in [0.05, 0.1) is 23.8 Å². The molecule has 1 N–H and O–H groups in total. The Labute approximate surface area is 182 Å². The summed E-state index contributed by atoms with van der Waals surface area (Å²) in [6.45, 7) is 4.60. The van der Waals surface area contributed by atoms with Gasteiger partial charge in [-0.1, -0.05) is 0 Å². The maximum atomic E-state index is 14.8. The quantitative estimate of drug-likeness (QED) is 0.614. The van der Waals surface area contributed by atoms with Gasteiger partial charge in [-0.25, -0.2) is 27.9 Å². The number of carbonyl (C=O) groups is 1. The van der Waals surface area contributed by atoms with E-state index in [1.807, 2.05) is 0 Å². The largest absolute Gasteiger partial charge is 0.447 e. The van der Waals surface area contributed by atoms with Gasteiger partial charge in [0.15, 0.2) is 0 Å². The van der Waals surface area contributed by atoms with Crippen LogP contribution >= 0.6 is 0 Å². The van der Waals surface area contributed by atoms with Crippen LogP contribution in [-0.2, 0) is 4.74 Å². The van der Waals surface area contributed by atoms with Crippen LogP contribution < -0.4 is 10.2 Å². The van der Waals surface area contributed by atoms with Gasteiger partial charge >= 0.3 is 6.09 Å². The molecule has 3 atom stereocenters. The fraction of sp³-hybridized carbons (Fsp3) is 0.333. The number of rotatable bonds is 6. The van der Waals surface area contributed by atoms with Crippen LogP contribution in [0.1, 0.15) is 31.1 Å². The molecule has 0 radical (unpaired) electrons. The molecule has 1 aromatic carbocycles. The Morgan fingerprint density at radius 3 is 2.69 bits per heavy atom. The first-order chi connectivity index (χ1) is 15.2. The Morgan fingerprint density at radius 1 is 1.22 bits per heavy atom. The average molecular weight is 446 g/mol. The number of nitrogens with one attached hydrogen (secondary N) is 1. The van der Waals surface area contributed by atoms with Crippen LogP contribution in [0.15, 0.2) is 36.9 Å². The lowest BCUT2D eigenvalue weighted by Gasteiger charge is -2.22. The zero-order valence-electron chi connectivity index (χ0n) is 17.6. The third-order valence-electron chi connectivity index (χ3n) is 5.19. The number of imidazole rings is 1. The van der Waals surface area contributed by atoms with Crippen LogP contribution in [-0.4, -0.2) is 44.4 Å². The molecular weight excluding hydrogens is 425 g/mol. The molecule has 3 heterocycles. The first kappa shape index (κ1) is 21.6. The summed E-state index contributed by atoms with van der Waals surface area (Å²) in [5.74, 6) is -1.04. The van der Waals surface area contributed by atoms with E-state index in [-0.39, 0.29) is 29.6 Å². The topological polar surface area (TPSA) is 85.2 Å². The highest BCUT2D eigenvalue weighted by Crippen LogP contribution is 2.28. The number of hydrogen-bond acceptors (Lipinski definition) is 6. The Balaban J connectivity index is 1.57. The van der Waals surface area contributed by atoms with Crippen LogP contribution in [0.4, 0.5) is 29.7 Å². The second-order valence-corrected chi connectivity index (χ2v) is 7.54. The highest BCUT2D eigenvalue weighted by atomic mass is 19.1. The Morgan fingerprint density at radius 2 is 2.00 bits per heavy atom. The lowest BCUT2D eigenvalue weighted by molar-refractivity contribution is 0.174. The summed E-state index contributed by atoms with van der Waals surface area (Å²) in [5.41, 5.74) is 0.774. The van der Waals surface area contributed by atoms with Crippen LogP contribution in [0.25, 0.3) is 5.69 Å². The van der Waals surface area contributed by atoms with Crippen LogP contribution in [0, 0.1) is 18.6 Å². The molecule has 0 bridgehead atoms. The Kier molecular flexibility index (Phi) is 5.72. The number of hydrogen-bond donors (Lipinski definition) is 1. The molecule has 0 saturated carbocycles. The minimum atomic E-state index is -1.33. The average Bonchev–Trinajstić information content (AvgIpc) is 3.35. The predicted octanol–water partition coefficient (Wildman–Crippen LogP) is 4.11. The zero-order valence-corrected chi connectivity index (χ0v) is 17.6. The highest BCUT2D eigenvalue weighted by molar-refractivity contribution is 5.89. The van der Waals surface area contributed by atoms with Crippen molar-refractivity contribution >= 4 is 17.9 Å². The van der Waals surface area contributed by atoms with Crippen molar-refractivity contribution in [2.24, 2.45) is 0 Å². The second-order valence-electron chi connectivity index (χ2n) is 7.54. The van der Waals surface area contributed by atoms with E-state index in [0.717, 1.165) is 17.0 Å². The molecule has 0 spiro atoms. The van der Waals surface area contributed by atoms with E-state index in [0.29, 0.717) is 5.69 Å². The van der Waals surface area contributed by atoms with Gasteiger partial charge in [-0.05, 0) is 32.9 Å². The maximum Gasteiger partial charge on any atom is 0.416 e. The van der Waals surface area contributed by atoms with E-state index in [9.17, 15) is 18.0 Å². The van der Waals surface area contributed by atoms with Crippen molar-refractivity contribution in [1.82, 2.24) is 19.5 Å². The number of alkyl halides is 1. The third-order valence-corrected chi connectivity index (χ3v) is 5.19. The number of nitrogens with zero attached hydrogens (tertiary/aromatic N) is 5. The molecule has 2 aromatic heterocycles. The number of ether oxygens (including phenoxy) is 1. The highest BCUT2D eigenvalue weighted by Gasteiger charge is 2.39. The molecule has 0 unspecified atom stereocenters. The molecule has 0 aliphatic carbocycles. The van der Waals surface area contributed by atoms with Gasteiger partial charge in [0.1, 0.15) is 36.3 Å². The van der Waals surface area contributed by atoms with Crippen LogP contribution in [0.5, 0.6) is 0 Å². The zero-order chi connectivity index (χ0) is 23.0. The lowest BCUT2D eigenvalue weighted by atomic mass is 10.1. The standard InChI is InChI=1S/C21H21F3N6O2/c1-11-8-29(10-26-11)17-7-15(23)14(6-16(17)24)13(3)27-20-25-5-4-19(28-20)30-18(12(2)22)9-32-21(30)31/h4-8,10,12-13,18H,9H2,1-3H3,(H,25,27,28)/t12-,13-,18+/m0/s1. The van der Waals surface area contributed by atoms with Gasteiger partial charge in [-0.2, -0.15) is 4.98 Å². The fourth-order valence-corrected chi connectivity index (χ4v) is 3.50. The van der Waals surface area contributed by atoms with Gasteiger partial charge in [0.25, 0.3) is 0 Å². The van der Waals surface area contributed by atoms with Crippen molar-refractivity contribution in [3.05, 3.63) is 59.8 Å². The Bertz CT molecular complexity index is 1150. The molecule has 168 valence electrons. The van der Waals surface area contributed by atoms with Crippen molar-refractivity contribution in [3.8, 4) is 5.69 Å². The summed E-state index contributed by atoms with van der Waals surface area (Å²) in [5, 5.41) is 2.89. The number of aromatic nitrogens is 4. The molecule has 8 nitrogen and oxygen atoms in total. The molecule has 1 saturated heterocycles. The summed E-state index contributed by atoms with van der Waals surface area (Å²) in [6.07, 6.45) is 2.33. The number of halogens is 3. The summed E-state index contributed by atoms with van der Waals surface area (Å²) in [4.78, 5) is 25.5. The van der Waals surface area contributed by atoms with Crippen molar-refractivity contribution < 1.29 is 22.7 Å². The van der Waals surface area contributed by atoms with Crippen LogP contribution in [0.2, 0.25) is 0 Å². The van der Waals surface area contributed by atoms with E-state index in [1.165, 1.54) is 30.1 Å². The van der Waals surface area contributed by atoms with E-state index < -0.39 is 36.0 Å². The molecule has 11 heteroatoms. The molecule has 1 amide bonds. The fourth-order valence-electron chi connectivity index (χ4n) is 3.50. The van der Waals surface area contributed by atoms with E-state index >= 15 is 0 Å². The number of anilines is 2. The van der Waals surface area contributed by atoms with Crippen molar-refractivity contribution in [2.45, 2.75) is 39.0 Å². The summed E-state index contributed by atoms with van der Waals surface area (Å²) in [6, 6.07) is 2.11. The smallest absolute Gasteiger partial charge is 0.416 e. The normalized spacial score (nSPS) is 17.9. The van der Waals surface area contributed by atoms with E-state index in [1.54, 1.807) is 20.0 Å². The van der Waals surface area contributed by atoms with Gasteiger partial charge in [-0.15, -0.1) is 0 Å². The SMILES string of the molecule is Cc1cn(-c2cc(F)c([C@H](C)Nc3nccc(N4C(=O)OC[C@@H]4[C@H](C)F)n3)cc2F)cn1. The van der Waals surface area contributed by atoms with E-state index in [4.69, 9.17) is 4.74 Å². The van der Waals surface area contributed by atoms with Gasteiger partial charge in [0, 0.05) is 24.0 Å². The molecule has 32 heavy (non-hydrogen) atoms. The summed E-state index contributed by atoms with van der Waals surface area (Å²) < 4.78 is 49.7. The van der Waals surface area contributed by atoms with Gasteiger partial charge < -0.3 is 14.6 Å². The first-order valence-electron chi connectivity index (χ1n) is 9.94. The minimum Gasteiger partial charge on any atom is -0.447 e. The van der Waals surface area contributed by atoms with Crippen LogP contribution in [0.3, 0.4) is 0 Å². The molecule has 1 aliphatic rings. The molecule has 1 aliphatic heterocycles. The number of benzene rings is 1. The van der Waals surface area contributed by atoms with E-state index in [2.05, 4.69) is 20.3 Å².